The lowest BCUT2D eigenvalue weighted by molar-refractivity contribution is -0.115. The molecule has 0 saturated heterocycles. The number of amides is 2. The maximum absolute atomic E-state index is 12.0. The van der Waals surface area contributed by atoms with Crippen LogP contribution < -0.4 is 16.0 Å². The van der Waals surface area contributed by atoms with Crippen LogP contribution in [0.15, 0.2) is 59.6 Å². The summed E-state index contributed by atoms with van der Waals surface area (Å²) in [5, 5.41) is 8.97. The van der Waals surface area contributed by atoms with Crippen LogP contribution in [0.1, 0.15) is 15.9 Å². The van der Waals surface area contributed by atoms with Crippen molar-refractivity contribution in [3.8, 4) is 0 Å². The van der Waals surface area contributed by atoms with Gasteiger partial charge in [-0.2, -0.15) is 0 Å². The van der Waals surface area contributed by atoms with E-state index in [2.05, 4.69) is 20.9 Å². The van der Waals surface area contributed by atoms with Gasteiger partial charge < -0.3 is 20.9 Å². The van der Waals surface area contributed by atoms with E-state index in [-0.39, 0.29) is 42.3 Å². The van der Waals surface area contributed by atoms with Crippen molar-refractivity contribution in [2.45, 2.75) is 6.42 Å². The maximum atomic E-state index is 12.0. The molecule has 2 amide bonds. The van der Waals surface area contributed by atoms with Crippen LogP contribution in [0.25, 0.3) is 0 Å². The second kappa shape index (κ2) is 12.8. The number of halogens is 1. The monoisotopic (exact) mass is 509 g/mol. The zero-order chi connectivity index (χ0) is 20.4. The van der Waals surface area contributed by atoms with Gasteiger partial charge in [-0.3, -0.25) is 14.6 Å². The molecule has 0 heterocycles. The molecular weight excluding hydrogens is 481 g/mol. The molecule has 8 heteroatoms. The molecule has 0 unspecified atom stereocenters. The first-order valence-electron chi connectivity index (χ1n) is 9.09. The molecule has 2 rings (SSSR count). The lowest BCUT2D eigenvalue weighted by Gasteiger charge is -2.13. The normalized spacial score (nSPS) is 10.5. The molecule has 0 fully saturated rings. The van der Waals surface area contributed by atoms with E-state index in [0.717, 1.165) is 17.7 Å². The van der Waals surface area contributed by atoms with Crippen LogP contribution in [0.2, 0.25) is 0 Å². The molecule has 0 bridgehead atoms. The van der Waals surface area contributed by atoms with Crippen LogP contribution in [0, 0.1) is 0 Å². The van der Waals surface area contributed by atoms with Gasteiger partial charge in [-0.05, 0) is 36.2 Å². The highest BCUT2D eigenvalue weighted by Crippen LogP contribution is 2.08. The molecule has 0 spiro atoms. The fourth-order valence-corrected chi connectivity index (χ4v) is 2.55. The van der Waals surface area contributed by atoms with Crippen LogP contribution in [0.5, 0.6) is 0 Å². The quantitative estimate of drug-likeness (QED) is 0.304. The first-order valence-corrected chi connectivity index (χ1v) is 9.09. The van der Waals surface area contributed by atoms with Crippen molar-refractivity contribution >= 4 is 47.4 Å². The van der Waals surface area contributed by atoms with Crippen LogP contribution >= 0.6 is 24.0 Å². The van der Waals surface area contributed by atoms with E-state index in [4.69, 9.17) is 0 Å². The molecule has 0 aliphatic heterocycles. The van der Waals surface area contributed by atoms with Crippen molar-refractivity contribution in [3.63, 3.8) is 0 Å². The summed E-state index contributed by atoms with van der Waals surface area (Å²) in [6, 6.07) is 16.9. The zero-order valence-corrected chi connectivity index (χ0v) is 19.3. The van der Waals surface area contributed by atoms with E-state index >= 15 is 0 Å². The minimum Gasteiger partial charge on any atom is -0.356 e. The predicted octanol–water partition coefficient (Wildman–Crippen LogP) is 2.35. The zero-order valence-electron chi connectivity index (χ0n) is 16.9. The molecule has 29 heavy (non-hydrogen) atoms. The lowest BCUT2D eigenvalue weighted by atomic mass is 10.1. The standard InChI is InChI=1S/C21H27N5O2.HI/c1-22-21(24-15-19(27)25-18-10-5-4-6-11-18)23-13-12-16-8-7-9-17(14-16)20(28)26(2)3;/h4-11,14H,12-13,15H2,1-3H3,(H,25,27)(H2,22,23,24);1H. The summed E-state index contributed by atoms with van der Waals surface area (Å²) in [5.74, 6) is 0.379. The SMILES string of the molecule is CN=C(NCCc1cccc(C(=O)N(C)C)c1)NCC(=O)Nc1ccccc1.I. The molecule has 2 aromatic rings. The first-order chi connectivity index (χ1) is 13.5. The molecule has 3 N–H and O–H groups in total. The molecule has 156 valence electrons. The molecule has 0 radical (unpaired) electrons. The van der Waals surface area contributed by atoms with Crippen molar-refractivity contribution < 1.29 is 9.59 Å². The number of anilines is 1. The number of nitrogens with zero attached hydrogens (tertiary/aromatic N) is 2. The van der Waals surface area contributed by atoms with Gasteiger partial charge in [-0.25, -0.2) is 0 Å². The van der Waals surface area contributed by atoms with Crippen LogP contribution in [-0.2, 0) is 11.2 Å². The van der Waals surface area contributed by atoms with Crippen molar-refractivity contribution in [1.82, 2.24) is 15.5 Å². The fraction of sp³-hybridized carbons (Fsp3) is 0.286. The lowest BCUT2D eigenvalue weighted by Crippen LogP contribution is -2.42. The highest BCUT2D eigenvalue weighted by atomic mass is 127. The Morgan fingerprint density at radius 3 is 2.38 bits per heavy atom. The average Bonchev–Trinajstić information content (AvgIpc) is 2.70. The summed E-state index contributed by atoms with van der Waals surface area (Å²) in [7, 11) is 5.13. The highest BCUT2D eigenvalue weighted by molar-refractivity contribution is 14.0. The summed E-state index contributed by atoms with van der Waals surface area (Å²) < 4.78 is 0. The number of aliphatic imine (C=N–C) groups is 1. The molecule has 0 aliphatic carbocycles. The Bertz CT molecular complexity index is 825. The van der Waals surface area contributed by atoms with E-state index in [0.29, 0.717) is 18.1 Å². The number of para-hydroxylation sites is 1. The fourth-order valence-electron chi connectivity index (χ4n) is 2.55. The van der Waals surface area contributed by atoms with Crippen LogP contribution in [0.4, 0.5) is 5.69 Å². The van der Waals surface area contributed by atoms with Crippen molar-refractivity contribution in [1.29, 1.82) is 0 Å². The number of hydrogen-bond donors (Lipinski definition) is 3. The summed E-state index contributed by atoms with van der Waals surface area (Å²) >= 11 is 0. The van der Waals surface area contributed by atoms with Crippen LogP contribution in [0.3, 0.4) is 0 Å². The second-order valence-electron chi connectivity index (χ2n) is 6.42. The molecule has 0 saturated carbocycles. The third-order valence-corrected chi connectivity index (χ3v) is 3.98. The van der Waals surface area contributed by atoms with E-state index in [1.165, 1.54) is 0 Å². The van der Waals surface area contributed by atoms with Gasteiger partial charge in [0.05, 0.1) is 6.54 Å². The average molecular weight is 509 g/mol. The van der Waals surface area contributed by atoms with Gasteiger partial charge in [-0.1, -0.05) is 30.3 Å². The molecule has 7 nitrogen and oxygen atoms in total. The molecular formula is C21H28IN5O2. The summed E-state index contributed by atoms with van der Waals surface area (Å²) in [4.78, 5) is 29.7. The van der Waals surface area contributed by atoms with Gasteiger partial charge in [0.15, 0.2) is 5.96 Å². The van der Waals surface area contributed by atoms with Crippen molar-refractivity contribution in [3.05, 3.63) is 65.7 Å². The van der Waals surface area contributed by atoms with Gasteiger partial charge in [0.25, 0.3) is 5.91 Å². The van der Waals surface area contributed by atoms with Gasteiger partial charge in [-0.15, -0.1) is 24.0 Å². The van der Waals surface area contributed by atoms with Gasteiger partial charge in [0.2, 0.25) is 5.91 Å². The number of nitrogens with one attached hydrogen (secondary N) is 3. The number of benzene rings is 2. The Morgan fingerprint density at radius 2 is 1.72 bits per heavy atom. The van der Waals surface area contributed by atoms with E-state index in [1.54, 1.807) is 26.0 Å². The third kappa shape index (κ3) is 8.51. The molecule has 0 atom stereocenters. The van der Waals surface area contributed by atoms with E-state index < -0.39 is 0 Å². The number of hydrogen-bond acceptors (Lipinski definition) is 3. The smallest absolute Gasteiger partial charge is 0.253 e. The van der Waals surface area contributed by atoms with Crippen LogP contribution in [-0.4, -0.2) is 56.9 Å². The highest BCUT2D eigenvalue weighted by Gasteiger charge is 2.08. The Balaban J connectivity index is 0.00000420. The Labute approximate surface area is 189 Å². The van der Waals surface area contributed by atoms with Gasteiger partial charge in [0.1, 0.15) is 0 Å². The molecule has 0 aliphatic rings. The van der Waals surface area contributed by atoms with Crippen molar-refractivity contribution in [2.24, 2.45) is 4.99 Å². The topological polar surface area (TPSA) is 85.8 Å². The predicted molar refractivity (Wildman–Crippen MR) is 128 cm³/mol. The summed E-state index contributed by atoms with van der Waals surface area (Å²) in [6.07, 6.45) is 0.728. The van der Waals surface area contributed by atoms with Crippen molar-refractivity contribution in [2.75, 3.05) is 39.5 Å². The Kier molecular flexibility index (Phi) is 10.7. The largest absolute Gasteiger partial charge is 0.356 e. The Morgan fingerprint density at radius 1 is 1.00 bits per heavy atom. The number of rotatable bonds is 7. The third-order valence-electron chi connectivity index (χ3n) is 3.98. The van der Waals surface area contributed by atoms with Gasteiger partial charge >= 0.3 is 0 Å². The molecule has 2 aromatic carbocycles. The van der Waals surface area contributed by atoms with E-state index in [1.807, 2.05) is 54.6 Å². The number of carbonyl (C=O) groups is 2. The number of carbonyl (C=O) groups excluding carboxylic acids is 2. The first kappa shape index (κ1) is 24.4. The minimum absolute atomic E-state index is 0. The Hall–Kier alpha value is -2.62. The number of guanidine groups is 1. The minimum atomic E-state index is -0.149. The molecule has 0 aromatic heterocycles. The maximum Gasteiger partial charge on any atom is 0.253 e. The summed E-state index contributed by atoms with van der Waals surface area (Å²) in [6.45, 7) is 0.737. The second-order valence-corrected chi connectivity index (χ2v) is 6.42. The van der Waals surface area contributed by atoms with Gasteiger partial charge in [0, 0.05) is 38.9 Å². The summed E-state index contributed by atoms with van der Waals surface area (Å²) in [5.41, 5.74) is 2.48. The van der Waals surface area contributed by atoms with E-state index in [9.17, 15) is 9.59 Å².